The van der Waals surface area contributed by atoms with E-state index < -0.39 is 16.0 Å². The highest BCUT2D eigenvalue weighted by Crippen LogP contribution is 2.44. The largest absolute Gasteiger partial charge is 0.478 e. The molecule has 1 aliphatic carbocycles. The van der Waals surface area contributed by atoms with Crippen LogP contribution in [0.5, 0.6) is 0 Å². The summed E-state index contributed by atoms with van der Waals surface area (Å²) in [5.74, 6) is -1.04. The topological polar surface area (TPSA) is 102 Å². The highest BCUT2D eigenvalue weighted by Gasteiger charge is 2.55. The maximum absolute atomic E-state index is 12.8. The number of sulfonamides is 1. The summed E-state index contributed by atoms with van der Waals surface area (Å²) in [6.45, 7) is 2.69. The summed E-state index contributed by atoms with van der Waals surface area (Å²) in [7, 11) is -2.24. The van der Waals surface area contributed by atoms with Gasteiger partial charge in [-0.05, 0) is 31.0 Å². The molecule has 0 spiro atoms. The number of benzene rings is 1. The van der Waals surface area contributed by atoms with Crippen molar-refractivity contribution in [1.29, 1.82) is 0 Å². The molecule has 2 aliphatic rings. The number of rotatable bonds is 6. The first-order valence-electron chi connectivity index (χ1n) is 7.82. The summed E-state index contributed by atoms with van der Waals surface area (Å²) in [5, 5.41) is 9.09. The average molecular weight is 355 g/mol. The summed E-state index contributed by atoms with van der Waals surface area (Å²) in [5.41, 5.74) is 0.458. The van der Waals surface area contributed by atoms with E-state index in [0.29, 0.717) is 18.8 Å². The minimum atomic E-state index is -3.82. The van der Waals surface area contributed by atoms with Crippen LogP contribution in [0.25, 0.3) is 0 Å². The number of aromatic carboxylic acids is 1. The molecular formula is C16H21NO6S. The second-order valence-electron chi connectivity index (χ2n) is 6.34. The number of hydrogen-bond acceptors (Lipinski definition) is 5. The van der Waals surface area contributed by atoms with E-state index in [1.807, 2.05) is 0 Å². The second-order valence-corrected chi connectivity index (χ2v) is 8.02. The van der Waals surface area contributed by atoms with Gasteiger partial charge in [-0.25, -0.2) is 17.9 Å². The number of fused-ring (bicyclic) bond motifs is 1. The highest BCUT2D eigenvalue weighted by molar-refractivity contribution is 7.89. The second kappa shape index (κ2) is 6.44. The fourth-order valence-electron chi connectivity index (χ4n) is 3.66. The minimum absolute atomic E-state index is 0.000863. The van der Waals surface area contributed by atoms with Crippen molar-refractivity contribution in [1.82, 2.24) is 4.72 Å². The van der Waals surface area contributed by atoms with E-state index >= 15 is 0 Å². The fourth-order valence-corrected chi connectivity index (χ4v) is 5.27. The van der Waals surface area contributed by atoms with E-state index in [0.717, 1.165) is 6.42 Å². The first-order valence-corrected chi connectivity index (χ1v) is 9.30. The van der Waals surface area contributed by atoms with E-state index in [1.165, 1.54) is 18.2 Å². The molecule has 7 nitrogen and oxygen atoms in total. The van der Waals surface area contributed by atoms with Gasteiger partial charge in [-0.15, -0.1) is 0 Å². The third-order valence-corrected chi connectivity index (χ3v) is 6.50. The molecule has 2 N–H and O–H groups in total. The lowest BCUT2D eigenvalue weighted by molar-refractivity contribution is -0.0775. The number of methoxy groups -OCH3 is 1. The van der Waals surface area contributed by atoms with Gasteiger partial charge in [0.25, 0.3) is 0 Å². The van der Waals surface area contributed by atoms with E-state index in [-0.39, 0.29) is 34.4 Å². The van der Waals surface area contributed by atoms with Crippen molar-refractivity contribution >= 4 is 16.0 Å². The number of carboxylic acids is 1. The zero-order valence-electron chi connectivity index (χ0n) is 13.6. The van der Waals surface area contributed by atoms with Crippen molar-refractivity contribution in [2.24, 2.45) is 11.8 Å². The molecule has 24 heavy (non-hydrogen) atoms. The monoisotopic (exact) mass is 355 g/mol. The molecule has 1 saturated heterocycles. The third kappa shape index (κ3) is 2.95. The molecule has 0 unspecified atom stereocenters. The lowest BCUT2D eigenvalue weighted by Gasteiger charge is -2.47. The molecule has 0 amide bonds. The van der Waals surface area contributed by atoms with E-state index in [4.69, 9.17) is 14.6 Å². The maximum atomic E-state index is 12.8. The maximum Gasteiger partial charge on any atom is 0.335 e. The SMILES string of the molecule is COC[C@H]1[C@@H](NS(=O)(=O)c2cc(C(=O)O)ccc2C)[C@@H]2CCO[C@@H]21. The van der Waals surface area contributed by atoms with Crippen molar-refractivity contribution in [2.45, 2.75) is 30.4 Å². The Hall–Kier alpha value is -1.48. The van der Waals surface area contributed by atoms with E-state index in [9.17, 15) is 13.2 Å². The molecule has 1 heterocycles. The third-order valence-electron chi connectivity index (χ3n) is 4.90. The van der Waals surface area contributed by atoms with Crippen molar-refractivity contribution in [3.63, 3.8) is 0 Å². The summed E-state index contributed by atoms with van der Waals surface area (Å²) in [6.07, 6.45) is 0.843. The number of carbonyl (C=O) groups is 1. The Morgan fingerprint density at radius 1 is 1.46 bits per heavy atom. The van der Waals surface area contributed by atoms with Crippen LogP contribution in [0.2, 0.25) is 0 Å². The lowest BCUT2D eigenvalue weighted by atomic mass is 9.68. The Kier molecular flexibility index (Phi) is 4.65. The molecule has 0 bridgehead atoms. The van der Waals surface area contributed by atoms with Crippen LogP contribution < -0.4 is 4.72 Å². The first kappa shape index (κ1) is 17.3. The Morgan fingerprint density at radius 2 is 2.21 bits per heavy atom. The van der Waals surface area contributed by atoms with Gasteiger partial charge in [0.1, 0.15) is 0 Å². The van der Waals surface area contributed by atoms with Gasteiger partial charge in [0.05, 0.1) is 23.2 Å². The van der Waals surface area contributed by atoms with Crippen LogP contribution in [0.3, 0.4) is 0 Å². The zero-order chi connectivity index (χ0) is 17.5. The summed E-state index contributed by atoms with van der Waals surface area (Å²) in [4.78, 5) is 11.1. The molecular weight excluding hydrogens is 334 g/mol. The molecule has 1 aromatic rings. The molecule has 0 radical (unpaired) electrons. The van der Waals surface area contributed by atoms with Crippen LogP contribution >= 0.6 is 0 Å². The highest BCUT2D eigenvalue weighted by atomic mass is 32.2. The van der Waals surface area contributed by atoms with Gasteiger partial charge in [0, 0.05) is 31.6 Å². The minimum Gasteiger partial charge on any atom is -0.478 e. The Morgan fingerprint density at radius 3 is 2.88 bits per heavy atom. The normalized spacial score (nSPS) is 29.1. The quantitative estimate of drug-likeness (QED) is 0.790. The molecule has 3 rings (SSSR count). The Bertz CT molecular complexity index is 747. The summed E-state index contributed by atoms with van der Waals surface area (Å²) >= 11 is 0. The van der Waals surface area contributed by atoms with E-state index in [2.05, 4.69) is 4.72 Å². The summed E-state index contributed by atoms with van der Waals surface area (Å²) in [6, 6.07) is 3.85. The van der Waals surface area contributed by atoms with Gasteiger partial charge in [-0.3, -0.25) is 0 Å². The predicted octanol–water partition coefficient (Wildman–Crippen LogP) is 1.02. The standard InChI is InChI=1S/C16H21NO6S/c1-9-3-4-10(16(18)19)7-13(9)24(20,21)17-14-11-5-6-23-15(11)12(14)8-22-2/h3-4,7,11-12,14-15,17H,5-6,8H2,1-2H3,(H,18,19)/t11-,12-,14-,15-/m0/s1. The van der Waals surface area contributed by atoms with Crippen molar-refractivity contribution in [3.05, 3.63) is 29.3 Å². The zero-order valence-corrected chi connectivity index (χ0v) is 14.4. The molecule has 2 fully saturated rings. The average Bonchev–Trinajstić information content (AvgIpc) is 2.95. The van der Waals surface area contributed by atoms with Gasteiger partial charge in [0.15, 0.2) is 0 Å². The van der Waals surface area contributed by atoms with Gasteiger partial charge < -0.3 is 14.6 Å². The number of aryl methyl sites for hydroxylation is 1. The Labute approximate surface area is 141 Å². The molecule has 1 aromatic carbocycles. The summed E-state index contributed by atoms with van der Waals surface area (Å²) < 4.78 is 39.1. The first-order chi connectivity index (χ1) is 11.3. The lowest BCUT2D eigenvalue weighted by Crippen LogP contribution is -2.62. The van der Waals surface area contributed by atoms with Crippen molar-refractivity contribution < 1.29 is 27.8 Å². The van der Waals surface area contributed by atoms with Crippen LogP contribution in [0.1, 0.15) is 22.3 Å². The van der Waals surface area contributed by atoms with Crippen LogP contribution in [-0.2, 0) is 19.5 Å². The van der Waals surface area contributed by atoms with Gasteiger partial charge in [0.2, 0.25) is 10.0 Å². The molecule has 0 aromatic heterocycles. The van der Waals surface area contributed by atoms with Gasteiger partial charge in [-0.2, -0.15) is 0 Å². The van der Waals surface area contributed by atoms with Gasteiger partial charge in [-0.1, -0.05) is 6.07 Å². The fraction of sp³-hybridized carbons (Fsp3) is 0.562. The van der Waals surface area contributed by atoms with Crippen LogP contribution in [-0.4, -0.2) is 52.0 Å². The molecule has 1 saturated carbocycles. The number of nitrogens with one attached hydrogen (secondary N) is 1. The molecule has 1 aliphatic heterocycles. The molecule has 4 atom stereocenters. The Balaban J connectivity index is 1.86. The van der Waals surface area contributed by atoms with Crippen LogP contribution in [0.15, 0.2) is 23.1 Å². The number of hydrogen-bond donors (Lipinski definition) is 2. The van der Waals surface area contributed by atoms with Crippen molar-refractivity contribution in [2.75, 3.05) is 20.3 Å². The molecule has 132 valence electrons. The number of carboxylic acid groups (broad SMARTS) is 1. The van der Waals surface area contributed by atoms with E-state index in [1.54, 1.807) is 14.0 Å². The smallest absolute Gasteiger partial charge is 0.335 e. The number of ether oxygens (including phenoxy) is 2. The molecule has 8 heteroatoms. The van der Waals surface area contributed by atoms with Gasteiger partial charge >= 0.3 is 5.97 Å². The van der Waals surface area contributed by atoms with Crippen LogP contribution in [0.4, 0.5) is 0 Å². The predicted molar refractivity (Wildman–Crippen MR) is 85.5 cm³/mol. The van der Waals surface area contributed by atoms with Crippen LogP contribution in [0, 0.1) is 18.8 Å². The van der Waals surface area contributed by atoms with Crippen molar-refractivity contribution in [3.8, 4) is 0 Å².